The molecule has 0 aliphatic heterocycles. The maximum atomic E-state index is 11.8. The summed E-state index contributed by atoms with van der Waals surface area (Å²) in [7, 11) is 1.89. The molecular formula is C11H18Cl2N2O. The van der Waals surface area contributed by atoms with E-state index >= 15 is 0 Å². The van der Waals surface area contributed by atoms with Crippen molar-refractivity contribution in [3.8, 4) is 0 Å². The van der Waals surface area contributed by atoms with E-state index in [-0.39, 0.29) is 17.9 Å². The van der Waals surface area contributed by atoms with Gasteiger partial charge in [0.25, 0.3) is 5.82 Å². The number of rotatable bonds is 1. The monoisotopic (exact) mass is 264 g/mol. The molecule has 1 aromatic rings. The molecule has 0 amide bonds. The van der Waals surface area contributed by atoms with E-state index in [0.717, 1.165) is 4.73 Å². The van der Waals surface area contributed by atoms with Crippen LogP contribution in [-0.2, 0) is 0 Å². The first-order chi connectivity index (χ1) is 6.73. The number of pyridine rings is 1. The second-order valence-corrected chi connectivity index (χ2v) is 5.13. The Labute approximate surface area is 108 Å². The first-order valence-electron chi connectivity index (χ1n) is 4.87. The van der Waals surface area contributed by atoms with Gasteiger partial charge in [0.05, 0.1) is 17.6 Å². The summed E-state index contributed by atoms with van der Waals surface area (Å²) in [4.78, 5) is 1.92. The average molecular weight is 265 g/mol. The molecule has 1 heterocycles. The Kier molecular flexibility index (Phi) is 4.89. The maximum absolute atomic E-state index is 11.8. The summed E-state index contributed by atoms with van der Waals surface area (Å²) in [6.07, 6.45) is 0. The van der Waals surface area contributed by atoms with E-state index in [1.165, 1.54) is 0 Å². The molecule has 0 saturated heterocycles. The highest BCUT2D eigenvalue weighted by Gasteiger charge is 2.26. The van der Waals surface area contributed by atoms with Crippen molar-refractivity contribution in [2.24, 2.45) is 0 Å². The lowest BCUT2D eigenvalue weighted by Gasteiger charge is -2.29. The summed E-state index contributed by atoms with van der Waals surface area (Å²) in [5, 5.41) is 12.4. The predicted octanol–water partition coefficient (Wildman–Crippen LogP) is 2.94. The van der Waals surface area contributed by atoms with Crippen LogP contribution in [0, 0.1) is 12.1 Å². The fourth-order valence-electron chi connectivity index (χ4n) is 1.24. The van der Waals surface area contributed by atoms with E-state index < -0.39 is 0 Å². The van der Waals surface area contributed by atoms with Crippen molar-refractivity contribution in [1.29, 1.82) is 0 Å². The third-order valence-corrected chi connectivity index (χ3v) is 2.71. The Morgan fingerprint density at radius 1 is 1.31 bits per heavy atom. The zero-order valence-corrected chi connectivity index (χ0v) is 11.8. The SMILES string of the molecule is Cc1cc(Cl)cc(N(C)C(C)(C)C)[n+]1[O-].Cl. The van der Waals surface area contributed by atoms with Gasteiger partial charge in [-0.25, -0.2) is 4.73 Å². The summed E-state index contributed by atoms with van der Waals surface area (Å²) >= 11 is 5.94. The van der Waals surface area contributed by atoms with Gasteiger partial charge in [-0.15, -0.1) is 12.4 Å². The zero-order valence-electron chi connectivity index (χ0n) is 10.2. The molecule has 0 aliphatic rings. The van der Waals surface area contributed by atoms with Gasteiger partial charge in [0, 0.05) is 6.07 Å². The highest BCUT2D eigenvalue weighted by molar-refractivity contribution is 6.30. The number of halogens is 2. The van der Waals surface area contributed by atoms with Crippen molar-refractivity contribution in [2.45, 2.75) is 33.2 Å². The topological polar surface area (TPSA) is 30.2 Å². The van der Waals surface area contributed by atoms with Crippen molar-refractivity contribution >= 4 is 29.8 Å². The summed E-state index contributed by atoms with van der Waals surface area (Å²) in [6.45, 7) is 7.88. The number of hydrogen-bond donors (Lipinski definition) is 0. The smallest absolute Gasteiger partial charge is 0.281 e. The number of nitrogens with zero attached hydrogens (tertiary/aromatic N) is 2. The fraction of sp³-hybridized carbons (Fsp3) is 0.545. The van der Waals surface area contributed by atoms with Crippen LogP contribution in [0.1, 0.15) is 26.5 Å². The highest BCUT2D eigenvalue weighted by Crippen LogP contribution is 2.21. The quantitative estimate of drug-likeness (QED) is 0.577. The van der Waals surface area contributed by atoms with Gasteiger partial charge in [0.1, 0.15) is 5.69 Å². The largest absolute Gasteiger partial charge is 0.710 e. The average Bonchev–Trinajstić information content (AvgIpc) is 2.08. The zero-order chi connectivity index (χ0) is 11.8. The van der Waals surface area contributed by atoms with Crippen molar-refractivity contribution in [3.63, 3.8) is 0 Å². The molecule has 3 nitrogen and oxygen atoms in total. The lowest BCUT2D eigenvalue weighted by Crippen LogP contribution is -2.46. The molecular weight excluding hydrogens is 247 g/mol. The number of aromatic nitrogens is 1. The third kappa shape index (κ3) is 3.16. The Balaban J connectivity index is 0.00000225. The Morgan fingerprint density at radius 2 is 1.81 bits per heavy atom. The third-order valence-electron chi connectivity index (χ3n) is 2.49. The molecule has 5 heteroatoms. The molecule has 16 heavy (non-hydrogen) atoms. The molecule has 0 spiro atoms. The molecule has 1 rings (SSSR count). The van der Waals surface area contributed by atoms with E-state index in [4.69, 9.17) is 11.6 Å². The molecule has 0 radical (unpaired) electrons. The van der Waals surface area contributed by atoms with Crippen molar-refractivity contribution in [3.05, 3.63) is 28.1 Å². The summed E-state index contributed by atoms with van der Waals surface area (Å²) in [5.41, 5.74) is 0.497. The standard InChI is InChI=1S/C11H17ClN2O.ClH/c1-8-6-9(12)7-10(14(8)15)13(5)11(2,3)4;/h6-7H,1-5H3;1H. The minimum absolute atomic E-state index is 0. The van der Waals surface area contributed by atoms with Gasteiger partial charge >= 0.3 is 0 Å². The molecule has 92 valence electrons. The first kappa shape index (κ1) is 15.3. The van der Waals surface area contributed by atoms with Gasteiger partial charge in [-0.3, -0.25) is 4.90 Å². The van der Waals surface area contributed by atoms with Crippen LogP contribution in [0.2, 0.25) is 5.02 Å². The maximum Gasteiger partial charge on any atom is 0.281 e. The highest BCUT2D eigenvalue weighted by atomic mass is 35.5. The Hall–Kier alpha value is -0.670. The summed E-state index contributed by atoms with van der Waals surface area (Å²) < 4.78 is 0.900. The van der Waals surface area contributed by atoms with Crippen molar-refractivity contribution in [1.82, 2.24) is 0 Å². The van der Waals surface area contributed by atoms with E-state index in [2.05, 4.69) is 0 Å². The lowest BCUT2D eigenvalue weighted by molar-refractivity contribution is -0.599. The van der Waals surface area contributed by atoms with Crippen molar-refractivity contribution in [2.75, 3.05) is 11.9 Å². The van der Waals surface area contributed by atoms with E-state index in [0.29, 0.717) is 16.5 Å². The molecule has 0 atom stereocenters. The fourth-order valence-corrected chi connectivity index (χ4v) is 1.49. The number of aryl methyl sites for hydroxylation is 1. The van der Waals surface area contributed by atoms with Crippen molar-refractivity contribution < 1.29 is 4.73 Å². The normalized spacial score (nSPS) is 10.9. The van der Waals surface area contributed by atoms with Gasteiger partial charge in [-0.2, -0.15) is 0 Å². The molecule has 0 aliphatic carbocycles. The second kappa shape index (κ2) is 5.11. The van der Waals surface area contributed by atoms with Crippen LogP contribution < -0.4 is 9.63 Å². The Bertz CT molecular complexity index is 375. The van der Waals surface area contributed by atoms with Crippen LogP contribution in [0.3, 0.4) is 0 Å². The molecule has 0 bridgehead atoms. The molecule has 0 fully saturated rings. The minimum atomic E-state index is -0.108. The van der Waals surface area contributed by atoms with Crippen LogP contribution in [0.4, 0.5) is 5.82 Å². The minimum Gasteiger partial charge on any atom is -0.710 e. The van der Waals surface area contributed by atoms with Crippen LogP contribution in [-0.4, -0.2) is 12.6 Å². The van der Waals surface area contributed by atoms with Gasteiger partial charge < -0.3 is 5.21 Å². The molecule has 0 aromatic carbocycles. The van der Waals surface area contributed by atoms with Gasteiger partial charge in [-0.05, 0) is 33.8 Å². The van der Waals surface area contributed by atoms with Crippen LogP contribution >= 0.6 is 24.0 Å². The molecule has 0 N–H and O–H groups in total. The molecule has 1 aromatic heterocycles. The Morgan fingerprint density at radius 3 is 2.25 bits per heavy atom. The van der Waals surface area contributed by atoms with Gasteiger partial charge in [0.15, 0.2) is 0 Å². The number of anilines is 1. The summed E-state index contributed by atoms with van der Waals surface area (Å²) in [5.74, 6) is 0.576. The van der Waals surface area contributed by atoms with E-state index in [1.54, 1.807) is 19.1 Å². The van der Waals surface area contributed by atoms with E-state index in [1.807, 2.05) is 32.7 Å². The van der Waals surface area contributed by atoms with Crippen LogP contribution in [0.25, 0.3) is 0 Å². The first-order valence-corrected chi connectivity index (χ1v) is 5.25. The second-order valence-electron chi connectivity index (χ2n) is 4.70. The van der Waals surface area contributed by atoms with Crippen LogP contribution in [0.5, 0.6) is 0 Å². The summed E-state index contributed by atoms with van der Waals surface area (Å²) in [6, 6.07) is 3.35. The predicted molar refractivity (Wildman–Crippen MR) is 70.6 cm³/mol. The lowest BCUT2D eigenvalue weighted by atomic mass is 10.1. The molecule has 0 unspecified atom stereocenters. The van der Waals surface area contributed by atoms with E-state index in [9.17, 15) is 5.21 Å². The van der Waals surface area contributed by atoms with Crippen LogP contribution in [0.15, 0.2) is 12.1 Å². The van der Waals surface area contributed by atoms with Gasteiger partial charge in [0.2, 0.25) is 0 Å². The molecule has 0 saturated carbocycles. The van der Waals surface area contributed by atoms with Gasteiger partial charge in [-0.1, -0.05) is 11.6 Å². The number of hydrogen-bond acceptors (Lipinski definition) is 2.